The van der Waals surface area contributed by atoms with Crippen LogP contribution >= 0.6 is 0 Å². The lowest BCUT2D eigenvalue weighted by molar-refractivity contribution is -0.147. The van der Waals surface area contributed by atoms with Crippen LogP contribution in [0.3, 0.4) is 0 Å². The molecule has 0 bridgehead atoms. The summed E-state index contributed by atoms with van der Waals surface area (Å²) in [7, 11) is 0. The fraction of sp³-hybridized carbons (Fsp3) is 0.385. The Morgan fingerprint density at radius 3 is 2.50 bits per heavy atom. The molecule has 0 N–H and O–H groups in total. The van der Waals surface area contributed by atoms with E-state index in [1.54, 1.807) is 6.92 Å². The molecular formula is C13H16O3. The van der Waals surface area contributed by atoms with E-state index in [1.807, 2.05) is 30.3 Å². The van der Waals surface area contributed by atoms with Crippen molar-refractivity contribution in [2.24, 2.45) is 0 Å². The van der Waals surface area contributed by atoms with Gasteiger partial charge in [-0.2, -0.15) is 0 Å². The molecule has 0 spiro atoms. The van der Waals surface area contributed by atoms with Gasteiger partial charge in [-0.15, -0.1) is 0 Å². The molecule has 0 saturated heterocycles. The molecule has 3 heteroatoms. The molecule has 0 fully saturated rings. The van der Waals surface area contributed by atoms with Crippen LogP contribution < -0.4 is 0 Å². The molecular weight excluding hydrogens is 204 g/mol. The molecule has 0 unspecified atom stereocenters. The minimum atomic E-state index is -0.314. The smallest absolute Gasteiger partial charge is 0.306 e. The van der Waals surface area contributed by atoms with E-state index in [-0.39, 0.29) is 18.4 Å². The third-order valence-corrected chi connectivity index (χ3v) is 2.25. The molecule has 0 aliphatic heterocycles. The van der Waals surface area contributed by atoms with Gasteiger partial charge in [0.15, 0.2) is 5.78 Å². The Labute approximate surface area is 95.4 Å². The minimum absolute atomic E-state index is 0.0481. The maximum absolute atomic E-state index is 11.3. The van der Waals surface area contributed by atoms with Crippen LogP contribution in [0.2, 0.25) is 0 Å². The van der Waals surface area contributed by atoms with Crippen LogP contribution in [0.15, 0.2) is 30.3 Å². The lowest BCUT2D eigenvalue weighted by Crippen LogP contribution is -2.13. The number of ketones is 1. The van der Waals surface area contributed by atoms with Crippen molar-refractivity contribution < 1.29 is 14.3 Å². The number of hydrogen-bond donors (Lipinski definition) is 0. The molecule has 1 aromatic rings. The van der Waals surface area contributed by atoms with Crippen LogP contribution in [0.4, 0.5) is 0 Å². The Hall–Kier alpha value is -1.64. The standard InChI is InChI=1S/C13H16O3/c1-2-12(14)10-16-13(15)9-8-11-6-4-3-5-7-11/h3-7H,2,8-10H2,1H3. The first-order valence-electron chi connectivity index (χ1n) is 5.43. The number of benzene rings is 1. The average Bonchev–Trinajstić information content (AvgIpc) is 2.34. The van der Waals surface area contributed by atoms with Gasteiger partial charge >= 0.3 is 5.97 Å². The van der Waals surface area contributed by atoms with Crippen LogP contribution in [0, 0.1) is 0 Å². The zero-order valence-electron chi connectivity index (χ0n) is 9.44. The molecule has 0 heterocycles. The van der Waals surface area contributed by atoms with Crippen molar-refractivity contribution in [2.75, 3.05) is 6.61 Å². The van der Waals surface area contributed by atoms with E-state index < -0.39 is 0 Å². The number of esters is 1. The van der Waals surface area contributed by atoms with Crippen molar-refractivity contribution in [1.29, 1.82) is 0 Å². The second-order valence-corrected chi connectivity index (χ2v) is 3.54. The number of aryl methyl sites for hydroxylation is 1. The SMILES string of the molecule is CCC(=O)COC(=O)CCc1ccccc1. The summed E-state index contributed by atoms with van der Waals surface area (Å²) in [5.74, 6) is -0.362. The third kappa shape index (κ3) is 4.73. The van der Waals surface area contributed by atoms with Gasteiger partial charge in [-0.05, 0) is 12.0 Å². The Morgan fingerprint density at radius 1 is 1.19 bits per heavy atom. The molecule has 3 nitrogen and oxygen atoms in total. The molecule has 0 radical (unpaired) electrons. The van der Waals surface area contributed by atoms with Gasteiger partial charge in [0.2, 0.25) is 0 Å². The van der Waals surface area contributed by atoms with Crippen LogP contribution in [-0.2, 0) is 20.7 Å². The van der Waals surface area contributed by atoms with Gasteiger partial charge in [-0.25, -0.2) is 0 Å². The van der Waals surface area contributed by atoms with Gasteiger partial charge in [0.25, 0.3) is 0 Å². The van der Waals surface area contributed by atoms with Crippen molar-refractivity contribution in [3.63, 3.8) is 0 Å². The largest absolute Gasteiger partial charge is 0.458 e. The predicted molar refractivity (Wildman–Crippen MR) is 61.0 cm³/mol. The second-order valence-electron chi connectivity index (χ2n) is 3.54. The predicted octanol–water partition coefficient (Wildman–Crippen LogP) is 2.14. The van der Waals surface area contributed by atoms with Gasteiger partial charge in [-0.3, -0.25) is 9.59 Å². The minimum Gasteiger partial charge on any atom is -0.458 e. The zero-order chi connectivity index (χ0) is 11.8. The highest BCUT2D eigenvalue weighted by Crippen LogP contribution is 2.03. The number of Topliss-reactive ketones (excluding diaryl/α,β-unsaturated/α-hetero) is 1. The van der Waals surface area contributed by atoms with E-state index in [0.717, 1.165) is 5.56 Å². The van der Waals surface area contributed by atoms with Crippen LogP contribution in [0.25, 0.3) is 0 Å². The van der Waals surface area contributed by atoms with Crippen molar-refractivity contribution in [3.05, 3.63) is 35.9 Å². The molecule has 0 amide bonds. The van der Waals surface area contributed by atoms with Gasteiger partial charge in [0.05, 0.1) is 0 Å². The van der Waals surface area contributed by atoms with Gasteiger partial charge in [-0.1, -0.05) is 37.3 Å². The highest BCUT2D eigenvalue weighted by Gasteiger charge is 2.06. The fourth-order valence-electron chi connectivity index (χ4n) is 1.23. The number of carbonyl (C=O) groups is 2. The summed E-state index contributed by atoms with van der Waals surface area (Å²) >= 11 is 0. The molecule has 0 atom stereocenters. The number of rotatable bonds is 6. The maximum atomic E-state index is 11.3. The first-order chi connectivity index (χ1) is 7.72. The Morgan fingerprint density at radius 2 is 1.88 bits per heavy atom. The summed E-state index contributed by atoms with van der Waals surface area (Å²) in [6.07, 6.45) is 1.38. The van der Waals surface area contributed by atoms with Crippen molar-refractivity contribution in [2.45, 2.75) is 26.2 Å². The number of carbonyl (C=O) groups excluding carboxylic acids is 2. The lowest BCUT2D eigenvalue weighted by Gasteiger charge is -2.03. The quantitative estimate of drug-likeness (QED) is 0.690. The van der Waals surface area contributed by atoms with Gasteiger partial charge < -0.3 is 4.74 Å². The molecule has 0 aromatic heterocycles. The Balaban J connectivity index is 2.23. The van der Waals surface area contributed by atoms with E-state index >= 15 is 0 Å². The molecule has 1 rings (SSSR count). The van der Waals surface area contributed by atoms with E-state index in [0.29, 0.717) is 19.3 Å². The van der Waals surface area contributed by atoms with Crippen LogP contribution in [0.5, 0.6) is 0 Å². The summed E-state index contributed by atoms with van der Waals surface area (Å²) in [5.41, 5.74) is 1.10. The van der Waals surface area contributed by atoms with Gasteiger partial charge in [0, 0.05) is 12.8 Å². The molecule has 1 aromatic carbocycles. The molecule has 0 aliphatic rings. The highest BCUT2D eigenvalue weighted by molar-refractivity contribution is 5.82. The molecule has 16 heavy (non-hydrogen) atoms. The second kappa shape index (κ2) is 6.77. The van der Waals surface area contributed by atoms with Crippen LogP contribution in [-0.4, -0.2) is 18.4 Å². The molecule has 0 saturated carbocycles. The first-order valence-corrected chi connectivity index (χ1v) is 5.43. The summed E-state index contributed by atoms with van der Waals surface area (Å²) in [4.78, 5) is 22.2. The van der Waals surface area contributed by atoms with E-state index in [4.69, 9.17) is 4.74 Å². The van der Waals surface area contributed by atoms with Crippen molar-refractivity contribution in [3.8, 4) is 0 Å². The average molecular weight is 220 g/mol. The monoisotopic (exact) mass is 220 g/mol. The summed E-state index contributed by atoms with van der Waals surface area (Å²) in [5, 5.41) is 0. The third-order valence-electron chi connectivity index (χ3n) is 2.25. The summed E-state index contributed by atoms with van der Waals surface area (Å²) in [6, 6.07) is 9.72. The van der Waals surface area contributed by atoms with Crippen LogP contribution in [0.1, 0.15) is 25.3 Å². The van der Waals surface area contributed by atoms with E-state index in [2.05, 4.69) is 0 Å². The highest BCUT2D eigenvalue weighted by atomic mass is 16.5. The first kappa shape index (κ1) is 12.4. The van der Waals surface area contributed by atoms with E-state index in [9.17, 15) is 9.59 Å². The number of ether oxygens (including phenoxy) is 1. The molecule has 86 valence electrons. The summed E-state index contributed by atoms with van der Waals surface area (Å²) < 4.78 is 4.83. The van der Waals surface area contributed by atoms with Crippen molar-refractivity contribution >= 4 is 11.8 Å². The lowest BCUT2D eigenvalue weighted by atomic mass is 10.1. The summed E-state index contributed by atoms with van der Waals surface area (Å²) in [6.45, 7) is 1.66. The maximum Gasteiger partial charge on any atom is 0.306 e. The number of hydrogen-bond acceptors (Lipinski definition) is 3. The fourth-order valence-corrected chi connectivity index (χ4v) is 1.23. The Kier molecular flexibility index (Phi) is 5.26. The van der Waals surface area contributed by atoms with E-state index in [1.165, 1.54) is 0 Å². The Bertz CT molecular complexity index is 343. The van der Waals surface area contributed by atoms with Gasteiger partial charge in [0.1, 0.15) is 6.61 Å². The zero-order valence-corrected chi connectivity index (χ0v) is 9.44. The molecule has 0 aliphatic carbocycles. The van der Waals surface area contributed by atoms with Crippen molar-refractivity contribution in [1.82, 2.24) is 0 Å². The normalized spacial score (nSPS) is 9.81. The topological polar surface area (TPSA) is 43.4 Å².